The number of aryl methyl sites for hydroxylation is 1. The van der Waals surface area contributed by atoms with Crippen LogP contribution in [0.1, 0.15) is 22.8 Å². The molecule has 178 valence electrons. The number of nitro groups is 1. The Hall–Kier alpha value is -4.66. The molecule has 4 rings (SSSR count). The number of anilines is 1. The molecule has 1 unspecified atom stereocenters. The van der Waals surface area contributed by atoms with E-state index in [9.17, 15) is 19.7 Å². The Morgan fingerprint density at radius 3 is 2.57 bits per heavy atom. The summed E-state index contributed by atoms with van der Waals surface area (Å²) in [5.74, 6) is -0.754. The molecule has 9 heteroatoms. The number of carbonyl (C=O) groups excluding carboxylic acids is 2. The third-order valence-corrected chi connectivity index (χ3v) is 5.40. The van der Waals surface area contributed by atoms with Crippen LogP contribution in [0.2, 0.25) is 0 Å². The van der Waals surface area contributed by atoms with E-state index >= 15 is 0 Å². The summed E-state index contributed by atoms with van der Waals surface area (Å²) in [5.41, 5.74) is 2.00. The molecular formula is C26H22N2O7. The highest BCUT2D eigenvalue weighted by atomic mass is 16.6. The number of rotatable bonds is 8. The van der Waals surface area contributed by atoms with Crippen molar-refractivity contribution >= 4 is 34.2 Å². The molecule has 0 aliphatic carbocycles. The minimum atomic E-state index is -1.32. The number of methoxy groups -OCH3 is 1. The maximum absolute atomic E-state index is 13.2. The Bertz CT molecular complexity index is 1400. The second-order valence-electron chi connectivity index (χ2n) is 7.85. The van der Waals surface area contributed by atoms with Crippen molar-refractivity contribution in [2.24, 2.45) is 0 Å². The summed E-state index contributed by atoms with van der Waals surface area (Å²) in [4.78, 5) is 36.9. The van der Waals surface area contributed by atoms with Gasteiger partial charge in [-0.25, -0.2) is 0 Å². The average Bonchev–Trinajstić information content (AvgIpc) is 3.25. The number of hydrogen-bond acceptors (Lipinski definition) is 7. The van der Waals surface area contributed by atoms with Crippen LogP contribution in [-0.2, 0) is 20.7 Å². The summed E-state index contributed by atoms with van der Waals surface area (Å²) in [7, 11) is 1.54. The van der Waals surface area contributed by atoms with E-state index in [2.05, 4.69) is 5.32 Å². The number of nitrogens with one attached hydrogen (secondary N) is 1. The zero-order valence-corrected chi connectivity index (χ0v) is 19.0. The van der Waals surface area contributed by atoms with E-state index in [0.717, 1.165) is 5.39 Å². The van der Waals surface area contributed by atoms with Crippen molar-refractivity contribution in [3.8, 4) is 5.75 Å². The molecule has 0 saturated carbocycles. The first-order chi connectivity index (χ1) is 16.9. The molecule has 0 saturated heterocycles. The molecule has 1 N–H and O–H groups in total. The number of furan rings is 1. The molecule has 0 aliphatic rings. The fourth-order valence-corrected chi connectivity index (χ4v) is 3.65. The Morgan fingerprint density at radius 1 is 1.09 bits per heavy atom. The second kappa shape index (κ2) is 10.1. The Labute approximate surface area is 200 Å². The number of fused-ring (bicyclic) bond motifs is 1. The average molecular weight is 474 g/mol. The number of carbonyl (C=O) groups is 2. The molecule has 1 atom stereocenters. The maximum atomic E-state index is 13.2. The van der Waals surface area contributed by atoms with Gasteiger partial charge in [0.25, 0.3) is 11.6 Å². The van der Waals surface area contributed by atoms with Crippen molar-refractivity contribution in [1.82, 2.24) is 0 Å². The maximum Gasteiger partial charge on any atom is 0.311 e. The number of amides is 1. The van der Waals surface area contributed by atoms with Crippen molar-refractivity contribution in [3.63, 3.8) is 0 Å². The molecule has 9 nitrogen and oxygen atoms in total. The number of benzene rings is 3. The van der Waals surface area contributed by atoms with E-state index in [1.54, 1.807) is 68.6 Å². The van der Waals surface area contributed by atoms with E-state index in [1.807, 2.05) is 0 Å². The third kappa shape index (κ3) is 5.30. The summed E-state index contributed by atoms with van der Waals surface area (Å²) in [6, 6.07) is 18.1. The van der Waals surface area contributed by atoms with Crippen LogP contribution >= 0.6 is 0 Å². The Balaban J connectivity index is 1.57. The molecule has 35 heavy (non-hydrogen) atoms. The molecule has 0 radical (unpaired) electrons. The fourth-order valence-electron chi connectivity index (χ4n) is 3.65. The Morgan fingerprint density at radius 2 is 1.86 bits per heavy atom. The molecule has 4 aromatic rings. The largest absolute Gasteiger partial charge is 0.497 e. The molecule has 0 bridgehead atoms. The van der Waals surface area contributed by atoms with Crippen molar-refractivity contribution < 1.29 is 28.4 Å². The summed E-state index contributed by atoms with van der Waals surface area (Å²) in [6.07, 6.45) is 0.00191. The van der Waals surface area contributed by atoms with Crippen molar-refractivity contribution in [3.05, 3.63) is 99.8 Å². The molecule has 1 aromatic heterocycles. The van der Waals surface area contributed by atoms with Crippen molar-refractivity contribution in [2.45, 2.75) is 19.4 Å². The minimum absolute atomic E-state index is 0.0114. The van der Waals surface area contributed by atoms with Gasteiger partial charge in [0, 0.05) is 28.6 Å². The molecule has 1 amide bonds. The number of nitro benzene ring substituents is 1. The first kappa shape index (κ1) is 23.5. The summed E-state index contributed by atoms with van der Waals surface area (Å²) in [5, 5.41) is 14.7. The van der Waals surface area contributed by atoms with Crippen LogP contribution in [-0.4, -0.2) is 23.9 Å². The summed E-state index contributed by atoms with van der Waals surface area (Å²) >= 11 is 0. The lowest BCUT2D eigenvalue weighted by Crippen LogP contribution is -2.26. The van der Waals surface area contributed by atoms with E-state index in [0.29, 0.717) is 28.0 Å². The zero-order valence-electron chi connectivity index (χ0n) is 19.0. The number of nitrogens with zero attached hydrogens (tertiary/aromatic N) is 1. The highest BCUT2D eigenvalue weighted by Gasteiger charge is 2.28. The van der Waals surface area contributed by atoms with Gasteiger partial charge in [0.05, 0.1) is 24.7 Å². The minimum Gasteiger partial charge on any atom is -0.497 e. The summed E-state index contributed by atoms with van der Waals surface area (Å²) < 4.78 is 16.3. The van der Waals surface area contributed by atoms with Gasteiger partial charge in [-0.05, 0) is 30.7 Å². The second-order valence-corrected chi connectivity index (χ2v) is 7.85. The number of esters is 1. The number of ether oxygens (including phenoxy) is 2. The van der Waals surface area contributed by atoms with Crippen LogP contribution < -0.4 is 10.1 Å². The van der Waals surface area contributed by atoms with E-state index in [1.165, 1.54) is 18.4 Å². The normalized spacial score (nSPS) is 11.6. The van der Waals surface area contributed by atoms with Gasteiger partial charge in [-0.3, -0.25) is 19.7 Å². The molecular weight excluding hydrogens is 452 g/mol. The number of hydrogen-bond donors (Lipinski definition) is 1. The molecule has 0 aliphatic heterocycles. The zero-order chi connectivity index (χ0) is 24.9. The van der Waals surface area contributed by atoms with Crippen LogP contribution in [0.5, 0.6) is 5.75 Å². The lowest BCUT2D eigenvalue weighted by molar-refractivity contribution is -0.384. The van der Waals surface area contributed by atoms with Gasteiger partial charge < -0.3 is 19.2 Å². The molecule has 0 spiro atoms. The molecule has 1 heterocycles. The van der Waals surface area contributed by atoms with Gasteiger partial charge in [-0.1, -0.05) is 36.4 Å². The van der Waals surface area contributed by atoms with Gasteiger partial charge in [0.15, 0.2) is 0 Å². The van der Waals surface area contributed by atoms with E-state index in [4.69, 9.17) is 13.9 Å². The van der Waals surface area contributed by atoms with Gasteiger partial charge >= 0.3 is 5.97 Å². The predicted octanol–water partition coefficient (Wildman–Crippen LogP) is 5.12. The van der Waals surface area contributed by atoms with Crippen LogP contribution in [0.4, 0.5) is 11.4 Å². The fraction of sp³-hybridized carbons (Fsp3) is 0.154. The van der Waals surface area contributed by atoms with Crippen LogP contribution in [0.25, 0.3) is 11.0 Å². The monoisotopic (exact) mass is 474 g/mol. The van der Waals surface area contributed by atoms with Crippen LogP contribution in [0.15, 0.2) is 77.4 Å². The van der Waals surface area contributed by atoms with Crippen molar-refractivity contribution in [2.75, 3.05) is 12.4 Å². The smallest absolute Gasteiger partial charge is 0.311 e. The van der Waals surface area contributed by atoms with Crippen molar-refractivity contribution in [1.29, 1.82) is 0 Å². The van der Waals surface area contributed by atoms with E-state index in [-0.39, 0.29) is 17.8 Å². The third-order valence-electron chi connectivity index (χ3n) is 5.40. The molecule has 0 fully saturated rings. The lowest BCUT2D eigenvalue weighted by atomic mass is 10.1. The van der Waals surface area contributed by atoms with Gasteiger partial charge in [0.1, 0.15) is 17.0 Å². The standard InChI is InChI=1S/C26H22N2O7/c1-16-8-11-21(22(12-16)28(31)32)27-26(30)25(17-6-4-3-5-7-17)35-24(29)13-18-15-34-23-14-19(33-2)9-10-20(18)23/h3-12,14-15,25H,13H2,1-2H3,(H,27,30). The van der Waals surface area contributed by atoms with Crippen LogP contribution in [0, 0.1) is 17.0 Å². The first-order valence-electron chi connectivity index (χ1n) is 10.7. The van der Waals surface area contributed by atoms with Gasteiger partial charge in [-0.2, -0.15) is 0 Å². The highest BCUT2D eigenvalue weighted by molar-refractivity contribution is 5.98. The lowest BCUT2D eigenvalue weighted by Gasteiger charge is -2.18. The SMILES string of the molecule is COc1ccc2c(CC(=O)OC(C(=O)Nc3ccc(C)cc3[N+](=O)[O-])c3ccccc3)coc2c1. The van der Waals surface area contributed by atoms with Crippen LogP contribution in [0.3, 0.4) is 0 Å². The predicted molar refractivity (Wildman–Crippen MR) is 128 cm³/mol. The van der Waals surface area contributed by atoms with E-state index < -0.39 is 22.9 Å². The van der Waals surface area contributed by atoms with Gasteiger partial charge in [0.2, 0.25) is 6.10 Å². The highest BCUT2D eigenvalue weighted by Crippen LogP contribution is 2.29. The topological polar surface area (TPSA) is 121 Å². The quantitative estimate of drug-likeness (QED) is 0.214. The Kier molecular flexibility index (Phi) is 6.77. The summed E-state index contributed by atoms with van der Waals surface area (Å²) in [6.45, 7) is 1.71. The molecule has 3 aromatic carbocycles. The first-order valence-corrected chi connectivity index (χ1v) is 10.7. The van der Waals surface area contributed by atoms with Gasteiger partial charge in [-0.15, -0.1) is 0 Å².